The van der Waals surface area contributed by atoms with Crippen LogP contribution in [0.2, 0.25) is 5.02 Å². The second-order valence-corrected chi connectivity index (χ2v) is 7.44. The minimum atomic E-state index is -0.522. The van der Waals surface area contributed by atoms with Crippen molar-refractivity contribution < 1.29 is 9.18 Å². The highest BCUT2D eigenvalue weighted by molar-refractivity contribution is 6.31. The molecule has 0 atom stereocenters. The summed E-state index contributed by atoms with van der Waals surface area (Å²) in [5, 5.41) is 1.02. The highest BCUT2D eigenvalue weighted by Crippen LogP contribution is 2.27. The summed E-state index contributed by atoms with van der Waals surface area (Å²) in [7, 11) is 0. The number of aromatic amines is 1. The van der Waals surface area contributed by atoms with Gasteiger partial charge in [-0.05, 0) is 48.4 Å². The van der Waals surface area contributed by atoms with E-state index in [1.54, 1.807) is 53.4 Å². The number of fused-ring (bicyclic) bond motifs is 1. The minimum Gasteiger partial charge on any atom is -0.319 e. The zero-order valence-electron chi connectivity index (χ0n) is 16.2. The predicted octanol–water partition coefficient (Wildman–Crippen LogP) is 5.48. The van der Waals surface area contributed by atoms with Gasteiger partial charge in [0.2, 0.25) is 5.56 Å². The molecule has 6 heteroatoms. The van der Waals surface area contributed by atoms with Gasteiger partial charge in [-0.2, -0.15) is 0 Å². The van der Waals surface area contributed by atoms with Crippen molar-refractivity contribution in [2.24, 2.45) is 0 Å². The van der Waals surface area contributed by atoms with Crippen molar-refractivity contribution in [3.63, 3.8) is 0 Å². The number of pyridine rings is 1. The van der Waals surface area contributed by atoms with Gasteiger partial charge in [0, 0.05) is 27.7 Å². The zero-order chi connectivity index (χ0) is 21.3. The van der Waals surface area contributed by atoms with Gasteiger partial charge in [-0.25, -0.2) is 4.39 Å². The summed E-state index contributed by atoms with van der Waals surface area (Å²) in [6, 6.07) is 20.2. The molecule has 1 N–H and O–H groups in total. The monoisotopic (exact) mass is 420 g/mol. The first-order valence-electron chi connectivity index (χ1n) is 9.37. The third-order valence-electron chi connectivity index (χ3n) is 4.98. The fraction of sp³-hybridized carbons (Fsp3) is 0.0833. The number of hydrogen-bond acceptors (Lipinski definition) is 2. The average molecular weight is 421 g/mol. The summed E-state index contributed by atoms with van der Waals surface area (Å²) < 4.78 is 14.3. The molecule has 0 saturated heterocycles. The van der Waals surface area contributed by atoms with E-state index in [0.717, 1.165) is 5.56 Å². The molecule has 1 heterocycles. The van der Waals surface area contributed by atoms with Crippen LogP contribution in [0.3, 0.4) is 0 Å². The number of carbonyl (C=O) groups excluding carboxylic acids is 1. The van der Waals surface area contributed by atoms with Gasteiger partial charge in [-0.1, -0.05) is 48.0 Å². The van der Waals surface area contributed by atoms with Crippen molar-refractivity contribution in [2.45, 2.75) is 13.5 Å². The number of halogens is 2. The van der Waals surface area contributed by atoms with E-state index in [1.807, 2.05) is 19.1 Å². The highest BCUT2D eigenvalue weighted by Gasteiger charge is 2.21. The van der Waals surface area contributed by atoms with Crippen LogP contribution in [0.25, 0.3) is 10.9 Å². The summed E-state index contributed by atoms with van der Waals surface area (Å²) in [5.41, 5.74) is 2.18. The molecule has 0 aliphatic carbocycles. The Hall–Kier alpha value is -3.44. The Kier molecular flexibility index (Phi) is 5.38. The smallest absolute Gasteiger partial charge is 0.258 e. The number of rotatable bonds is 4. The third-order valence-corrected chi connectivity index (χ3v) is 5.22. The highest BCUT2D eigenvalue weighted by atomic mass is 35.5. The topological polar surface area (TPSA) is 53.2 Å². The fourth-order valence-corrected chi connectivity index (χ4v) is 3.68. The van der Waals surface area contributed by atoms with Gasteiger partial charge in [0.05, 0.1) is 12.1 Å². The molecule has 4 aromatic rings. The average Bonchev–Trinajstić information content (AvgIpc) is 2.72. The number of hydrogen-bond donors (Lipinski definition) is 1. The minimum absolute atomic E-state index is 0.0807. The molecule has 0 radical (unpaired) electrons. The maximum atomic E-state index is 14.3. The number of H-pyrrole nitrogens is 1. The molecule has 0 saturated carbocycles. The Labute approximate surface area is 177 Å². The molecule has 0 spiro atoms. The van der Waals surface area contributed by atoms with E-state index >= 15 is 0 Å². The molecule has 1 amide bonds. The number of nitrogens with one attached hydrogen (secondary N) is 1. The van der Waals surface area contributed by atoms with E-state index in [2.05, 4.69) is 4.98 Å². The van der Waals surface area contributed by atoms with Crippen molar-refractivity contribution >= 4 is 34.1 Å². The molecule has 0 aliphatic rings. The number of amides is 1. The molecule has 4 nitrogen and oxygen atoms in total. The quantitative estimate of drug-likeness (QED) is 0.475. The van der Waals surface area contributed by atoms with Crippen LogP contribution in [0.4, 0.5) is 10.1 Å². The molecule has 30 heavy (non-hydrogen) atoms. The van der Waals surface area contributed by atoms with Crippen molar-refractivity contribution in [2.75, 3.05) is 4.90 Å². The van der Waals surface area contributed by atoms with Crippen LogP contribution in [0.5, 0.6) is 0 Å². The van der Waals surface area contributed by atoms with Crippen LogP contribution < -0.4 is 10.5 Å². The lowest BCUT2D eigenvalue weighted by atomic mass is 10.0. The molecule has 150 valence electrons. The molecule has 4 rings (SSSR count). The summed E-state index contributed by atoms with van der Waals surface area (Å²) in [6.45, 7) is 1.94. The zero-order valence-corrected chi connectivity index (χ0v) is 16.9. The number of aromatic nitrogens is 1. The van der Waals surface area contributed by atoms with Crippen LogP contribution in [0.1, 0.15) is 21.5 Å². The maximum Gasteiger partial charge on any atom is 0.258 e. The Balaban J connectivity index is 1.87. The first-order valence-corrected chi connectivity index (χ1v) is 9.75. The summed E-state index contributed by atoms with van der Waals surface area (Å²) >= 11 is 6.17. The molecular formula is C24H18ClFN2O2. The van der Waals surface area contributed by atoms with Crippen molar-refractivity contribution in [3.8, 4) is 0 Å². The lowest BCUT2D eigenvalue weighted by molar-refractivity contribution is 0.0984. The summed E-state index contributed by atoms with van der Waals surface area (Å²) in [4.78, 5) is 29.8. The SMILES string of the molecule is Cc1ccccc1C(=O)N(Cc1cc(=O)[nH]c2c(F)cccc12)c1cccc(Cl)c1. The Morgan fingerprint density at radius 1 is 1.03 bits per heavy atom. The molecule has 1 aromatic heterocycles. The number of para-hydroxylation sites is 1. The number of nitrogens with zero attached hydrogens (tertiary/aromatic N) is 1. The van der Waals surface area contributed by atoms with Crippen LogP contribution >= 0.6 is 11.6 Å². The van der Waals surface area contributed by atoms with Gasteiger partial charge in [0.25, 0.3) is 5.91 Å². The number of anilines is 1. The van der Waals surface area contributed by atoms with Crippen molar-refractivity contribution in [1.82, 2.24) is 4.98 Å². The van der Waals surface area contributed by atoms with E-state index in [9.17, 15) is 14.0 Å². The first kappa shape index (κ1) is 19.9. The first-order chi connectivity index (χ1) is 14.4. The van der Waals surface area contributed by atoms with Crippen LogP contribution in [0, 0.1) is 12.7 Å². The van der Waals surface area contributed by atoms with E-state index in [4.69, 9.17) is 11.6 Å². The van der Waals surface area contributed by atoms with E-state index in [0.29, 0.717) is 27.2 Å². The van der Waals surface area contributed by atoms with Crippen LogP contribution in [-0.2, 0) is 6.54 Å². The maximum absolute atomic E-state index is 14.3. The standard InChI is InChI=1S/C24H18ClFN2O2/c1-15-6-2-3-9-19(15)24(30)28(18-8-4-7-17(25)13-18)14-16-12-22(29)27-23-20(16)10-5-11-21(23)26/h2-13H,14H2,1H3,(H,27,29). The molecule has 0 unspecified atom stereocenters. The predicted molar refractivity (Wildman–Crippen MR) is 118 cm³/mol. The molecule has 0 aliphatic heterocycles. The molecule has 0 fully saturated rings. The van der Waals surface area contributed by atoms with E-state index in [-0.39, 0.29) is 18.0 Å². The summed E-state index contributed by atoms with van der Waals surface area (Å²) in [6.07, 6.45) is 0. The van der Waals surface area contributed by atoms with Gasteiger partial charge >= 0.3 is 0 Å². The Morgan fingerprint density at radius 3 is 2.57 bits per heavy atom. The van der Waals surface area contributed by atoms with Gasteiger partial charge < -0.3 is 9.88 Å². The van der Waals surface area contributed by atoms with Crippen molar-refractivity contribution in [3.05, 3.63) is 111 Å². The summed E-state index contributed by atoms with van der Waals surface area (Å²) in [5.74, 6) is -0.758. The fourth-order valence-electron chi connectivity index (χ4n) is 3.50. The van der Waals surface area contributed by atoms with Gasteiger partial charge in [0.15, 0.2) is 0 Å². The van der Waals surface area contributed by atoms with Gasteiger partial charge in [-0.15, -0.1) is 0 Å². The Bertz CT molecular complexity index is 1320. The molecule has 0 bridgehead atoms. The lowest BCUT2D eigenvalue weighted by Crippen LogP contribution is -2.31. The third kappa shape index (κ3) is 3.84. The van der Waals surface area contributed by atoms with E-state index < -0.39 is 11.4 Å². The van der Waals surface area contributed by atoms with E-state index in [1.165, 1.54) is 12.1 Å². The number of benzene rings is 3. The normalized spacial score (nSPS) is 10.9. The number of carbonyl (C=O) groups is 1. The van der Waals surface area contributed by atoms with Crippen LogP contribution in [0.15, 0.2) is 77.6 Å². The lowest BCUT2D eigenvalue weighted by Gasteiger charge is -2.25. The van der Waals surface area contributed by atoms with Crippen LogP contribution in [-0.4, -0.2) is 10.9 Å². The largest absolute Gasteiger partial charge is 0.319 e. The van der Waals surface area contributed by atoms with Gasteiger partial charge in [0.1, 0.15) is 5.82 Å². The number of aryl methyl sites for hydroxylation is 1. The molecular weight excluding hydrogens is 403 g/mol. The Morgan fingerprint density at radius 2 is 1.80 bits per heavy atom. The second-order valence-electron chi connectivity index (χ2n) is 7.01. The van der Waals surface area contributed by atoms with Gasteiger partial charge in [-0.3, -0.25) is 9.59 Å². The molecule has 3 aromatic carbocycles. The van der Waals surface area contributed by atoms with Crippen molar-refractivity contribution in [1.29, 1.82) is 0 Å². The second kappa shape index (κ2) is 8.13.